The molecule has 1 heterocycles. The summed E-state index contributed by atoms with van der Waals surface area (Å²) in [5, 5.41) is 2.85. The van der Waals surface area contributed by atoms with Crippen LogP contribution in [-0.2, 0) is 14.8 Å². The lowest BCUT2D eigenvalue weighted by Gasteiger charge is -2.35. The number of piperidine rings is 1. The first-order chi connectivity index (χ1) is 15.1. The molecule has 1 atom stereocenters. The van der Waals surface area contributed by atoms with E-state index in [1.807, 2.05) is 20.8 Å². The van der Waals surface area contributed by atoms with Gasteiger partial charge in [-0.25, -0.2) is 13.1 Å². The van der Waals surface area contributed by atoms with Gasteiger partial charge in [-0.2, -0.15) is 0 Å². The van der Waals surface area contributed by atoms with Gasteiger partial charge in [0.25, 0.3) is 5.91 Å². The summed E-state index contributed by atoms with van der Waals surface area (Å²) >= 11 is 0. The summed E-state index contributed by atoms with van der Waals surface area (Å²) in [6, 6.07) is 3.97. The van der Waals surface area contributed by atoms with Crippen LogP contribution < -0.4 is 19.5 Å². The number of rotatable bonds is 10. The summed E-state index contributed by atoms with van der Waals surface area (Å²) in [5.74, 6) is 0.376. The van der Waals surface area contributed by atoms with Crippen LogP contribution in [0.4, 0.5) is 0 Å². The van der Waals surface area contributed by atoms with Gasteiger partial charge in [0.15, 0.2) is 0 Å². The van der Waals surface area contributed by atoms with Gasteiger partial charge in [-0.05, 0) is 37.3 Å². The van der Waals surface area contributed by atoms with Gasteiger partial charge < -0.3 is 19.7 Å². The quantitative estimate of drug-likeness (QED) is 0.540. The molecule has 1 fully saturated rings. The lowest BCUT2D eigenvalue weighted by atomic mass is 9.99. The maximum Gasteiger partial charge on any atom is 0.252 e. The molecule has 2 rings (SSSR count). The second-order valence-corrected chi connectivity index (χ2v) is 10.2. The van der Waals surface area contributed by atoms with Crippen LogP contribution in [0.3, 0.4) is 0 Å². The van der Waals surface area contributed by atoms with Crippen molar-refractivity contribution in [3.05, 3.63) is 23.8 Å². The molecule has 0 aliphatic carbocycles. The Morgan fingerprint density at radius 3 is 2.12 bits per heavy atom. The molecule has 0 bridgehead atoms. The third kappa shape index (κ3) is 7.09. The van der Waals surface area contributed by atoms with Crippen molar-refractivity contribution >= 4 is 21.8 Å². The monoisotopic (exact) mass is 469 g/mol. The molecule has 1 aromatic carbocycles. The van der Waals surface area contributed by atoms with Crippen molar-refractivity contribution in [3.63, 3.8) is 0 Å². The maximum absolute atomic E-state index is 13.2. The Bertz CT molecular complexity index is 873. The summed E-state index contributed by atoms with van der Waals surface area (Å²) in [6.07, 6.45) is 1.64. The van der Waals surface area contributed by atoms with Crippen LogP contribution in [-0.4, -0.2) is 70.3 Å². The predicted molar refractivity (Wildman–Crippen MR) is 122 cm³/mol. The molecular weight excluding hydrogens is 434 g/mol. The Morgan fingerprint density at radius 1 is 1.09 bits per heavy atom. The Labute approximate surface area is 190 Å². The van der Waals surface area contributed by atoms with Crippen molar-refractivity contribution in [1.82, 2.24) is 14.9 Å². The van der Waals surface area contributed by atoms with Gasteiger partial charge in [-0.15, -0.1) is 0 Å². The van der Waals surface area contributed by atoms with E-state index >= 15 is 0 Å². The molecular formula is C22H35N3O6S. The number of benzene rings is 1. The van der Waals surface area contributed by atoms with Crippen molar-refractivity contribution in [2.45, 2.75) is 52.1 Å². The Hall–Kier alpha value is -2.33. The third-order valence-electron chi connectivity index (χ3n) is 5.46. The Kier molecular flexibility index (Phi) is 9.33. The topological polar surface area (TPSA) is 114 Å². The summed E-state index contributed by atoms with van der Waals surface area (Å²) < 4.78 is 37.2. The van der Waals surface area contributed by atoms with E-state index < -0.39 is 22.0 Å². The molecule has 1 aromatic rings. The molecule has 1 saturated heterocycles. The van der Waals surface area contributed by atoms with E-state index in [0.717, 1.165) is 0 Å². The largest absolute Gasteiger partial charge is 0.497 e. The molecule has 0 aromatic heterocycles. The van der Waals surface area contributed by atoms with E-state index in [9.17, 15) is 18.0 Å². The number of sulfonamides is 1. The third-order valence-corrected chi connectivity index (χ3v) is 7.10. The zero-order valence-electron chi connectivity index (χ0n) is 19.5. The second-order valence-electron chi connectivity index (χ2n) is 8.33. The lowest BCUT2D eigenvalue weighted by Crippen LogP contribution is -2.54. The zero-order chi connectivity index (χ0) is 23.9. The van der Waals surface area contributed by atoms with Gasteiger partial charge >= 0.3 is 0 Å². The van der Waals surface area contributed by atoms with Gasteiger partial charge in [0, 0.05) is 30.8 Å². The average molecular weight is 470 g/mol. The standard InChI is InChI=1S/C22H35N3O6S/c1-6-11-32(28,29)24-17-7-9-25(10-8-17)22(27)20(15(2)3)23-21(26)16-12-18(30-4)14-19(13-16)31-5/h12-15,17,20,24H,6-11H2,1-5H3,(H,23,26)/t20-/m1/s1. The highest BCUT2D eigenvalue weighted by atomic mass is 32.2. The van der Waals surface area contributed by atoms with Crippen molar-refractivity contribution in [2.24, 2.45) is 5.92 Å². The highest BCUT2D eigenvalue weighted by molar-refractivity contribution is 7.89. The van der Waals surface area contributed by atoms with Gasteiger partial charge in [0.1, 0.15) is 17.5 Å². The fraction of sp³-hybridized carbons (Fsp3) is 0.636. The molecule has 0 unspecified atom stereocenters. The zero-order valence-corrected chi connectivity index (χ0v) is 20.3. The van der Waals surface area contributed by atoms with Crippen LogP contribution in [0.1, 0.15) is 50.4 Å². The molecule has 32 heavy (non-hydrogen) atoms. The SMILES string of the molecule is CCCS(=O)(=O)NC1CCN(C(=O)[C@H](NC(=O)c2cc(OC)cc(OC)c2)C(C)C)CC1. The minimum absolute atomic E-state index is 0.0999. The minimum Gasteiger partial charge on any atom is -0.497 e. The lowest BCUT2D eigenvalue weighted by molar-refractivity contribution is -0.135. The number of hydrogen-bond acceptors (Lipinski definition) is 6. The summed E-state index contributed by atoms with van der Waals surface area (Å²) in [7, 11) is -0.282. The highest BCUT2D eigenvalue weighted by Gasteiger charge is 2.32. The highest BCUT2D eigenvalue weighted by Crippen LogP contribution is 2.23. The first kappa shape index (κ1) is 25.9. The molecule has 0 saturated carbocycles. The predicted octanol–water partition coefficient (Wildman–Crippen LogP) is 1.78. The number of carbonyl (C=O) groups excluding carboxylic acids is 2. The molecule has 10 heteroatoms. The van der Waals surface area contributed by atoms with Crippen molar-refractivity contribution < 1.29 is 27.5 Å². The summed E-state index contributed by atoms with van der Waals surface area (Å²) in [5.41, 5.74) is 0.337. The van der Waals surface area contributed by atoms with Gasteiger partial charge in [-0.3, -0.25) is 9.59 Å². The van der Waals surface area contributed by atoms with Crippen LogP contribution in [0.25, 0.3) is 0 Å². The molecule has 9 nitrogen and oxygen atoms in total. The molecule has 0 spiro atoms. The number of carbonyl (C=O) groups is 2. The summed E-state index contributed by atoms with van der Waals surface area (Å²) in [4.78, 5) is 27.8. The van der Waals surface area contributed by atoms with Crippen LogP contribution in [0.2, 0.25) is 0 Å². The van der Waals surface area contributed by atoms with E-state index in [4.69, 9.17) is 9.47 Å². The molecule has 1 aliphatic heterocycles. The fourth-order valence-corrected chi connectivity index (χ4v) is 5.07. The van der Waals surface area contributed by atoms with E-state index in [0.29, 0.717) is 49.4 Å². The van der Waals surface area contributed by atoms with E-state index in [-0.39, 0.29) is 23.6 Å². The van der Waals surface area contributed by atoms with Crippen LogP contribution in [0, 0.1) is 5.92 Å². The van der Waals surface area contributed by atoms with E-state index in [1.165, 1.54) is 14.2 Å². The molecule has 0 radical (unpaired) electrons. The van der Waals surface area contributed by atoms with Gasteiger partial charge in [0.2, 0.25) is 15.9 Å². The van der Waals surface area contributed by atoms with Crippen molar-refractivity contribution in [2.75, 3.05) is 33.1 Å². The maximum atomic E-state index is 13.2. The normalized spacial score (nSPS) is 16.0. The van der Waals surface area contributed by atoms with E-state index in [2.05, 4.69) is 10.0 Å². The number of ether oxygens (including phenoxy) is 2. The van der Waals surface area contributed by atoms with Crippen molar-refractivity contribution in [1.29, 1.82) is 0 Å². The fourth-order valence-electron chi connectivity index (χ4n) is 3.67. The molecule has 2 amide bonds. The molecule has 1 aliphatic rings. The van der Waals surface area contributed by atoms with Gasteiger partial charge in [0.05, 0.1) is 20.0 Å². The van der Waals surface area contributed by atoms with Crippen LogP contribution >= 0.6 is 0 Å². The molecule has 2 N–H and O–H groups in total. The first-order valence-corrected chi connectivity index (χ1v) is 12.6. The van der Waals surface area contributed by atoms with Crippen LogP contribution in [0.15, 0.2) is 18.2 Å². The van der Waals surface area contributed by atoms with Crippen LogP contribution in [0.5, 0.6) is 11.5 Å². The van der Waals surface area contributed by atoms with Gasteiger partial charge in [-0.1, -0.05) is 20.8 Å². The van der Waals surface area contributed by atoms with E-state index in [1.54, 1.807) is 23.1 Å². The minimum atomic E-state index is -3.29. The smallest absolute Gasteiger partial charge is 0.252 e. The molecule has 180 valence electrons. The van der Waals surface area contributed by atoms with Crippen molar-refractivity contribution in [3.8, 4) is 11.5 Å². The number of likely N-dealkylation sites (tertiary alicyclic amines) is 1. The first-order valence-electron chi connectivity index (χ1n) is 10.9. The second kappa shape index (κ2) is 11.5. The Balaban J connectivity index is 2.04. The number of amides is 2. The summed E-state index contributed by atoms with van der Waals surface area (Å²) in [6.45, 7) is 6.44. The number of nitrogens with one attached hydrogen (secondary N) is 2. The number of hydrogen-bond donors (Lipinski definition) is 2. The number of methoxy groups -OCH3 is 2. The number of nitrogens with zero attached hydrogens (tertiary/aromatic N) is 1. The average Bonchev–Trinajstić information content (AvgIpc) is 2.76. The Morgan fingerprint density at radius 2 is 1.66 bits per heavy atom.